The van der Waals surface area contributed by atoms with E-state index in [0.717, 1.165) is 45.3 Å². The molecule has 1 fully saturated rings. The van der Waals surface area contributed by atoms with Crippen molar-refractivity contribution in [1.29, 1.82) is 0 Å². The van der Waals surface area contributed by atoms with E-state index in [4.69, 9.17) is 0 Å². The number of aliphatic hydroxyl groups excluding tert-OH is 2. The summed E-state index contributed by atoms with van der Waals surface area (Å²) in [6, 6.07) is 0. The summed E-state index contributed by atoms with van der Waals surface area (Å²) < 4.78 is 0. The van der Waals surface area contributed by atoms with Crippen molar-refractivity contribution in [2.24, 2.45) is 23.7 Å². The molecular formula is C27H50N2O2. The molecule has 0 aliphatic heterocycles. The molecule has 2 rings (SSSR count). The maximum absolute atomic E-state index is 10.6. The predicted octanol–water partition coefficient (Wildman–Crippen LogP) is 4.77. The van der Waals surface area contributed by atoms with Crippen molar-refractivity contribution in [2.75, 3.05) is 26.7 Å². The molecule has 0 spiro atoms. The van der Waals surface area contributed by atoms with Crippen molar-refractivity contribution < 1.29 is 10.2 Å². The molecule has 0 heterocycles. The van der Waals surface area contributed by atoms with Gasteiger partial charge in [-0.2, -0.15) is 0 Å². The Balaban J connectivity index is 1.72. The number of hydrogen-bond acceptors (Lipinski definition) is 4. The summed E-state index contributed by atoms with van der Waals surface area (Å²) in [6.07, 6.45) is 13.4. The molecule has 0 radical (unpaired) electrons. The van der Waals surface area contributed by atoms with Gasteiger partial charge in [0.15, 0.2) is 0 Å². The van der Waals surface area contributed by atoms with E-state index in [1.165, 1.54) is 19.3 Å². The lowest BCUT2D eigenvalue weighted by molar-refractivity contribution is 0.139. The fourth-order valence-electron chi connectivity index (χ4n) is 5.16. The van der Waals surface area contributed by atoms with E-state index in [1.54, 1.807) is 5.57 Å². The van der Waals surface area contributed by atoms with Gasteiger partial charge in [-0.05, 0) is 77.8 Å². The quantitative estimate of drug-likeness (QED) is 0.289. The Labute approximate surface area is 192 Å². The number of fused-ring (bicyclic) bond motifs is 1. The van der Waals surface area contributed by atoms with Crippen molar-refractivity contribution in [3.63, 3.8) is 0 Å². The number of hydrogen-bond donors (Lipinski definition) is 3. The highest BCUT2D eigenvalue weighted by molar-refractivity contribution is 5.21. The Morgan fingerprint density at radius 1 is 1.29 bits per heavy atom. The minimum absolute atomic E-state index is 0.188. The number of nitrogens with one attached hydrogen (secondary N) is 1. The first-order valence-electron chi connectivity index (χ1n) is 12.8. The molecule has 4 nitrogen and oxygen atoms in total. The van der Waals surface area contributed by atoms with Crippen molar-refractivity contribution in [3.05, 3.63) is 23.8 Å². The third-order valence-electron chi connectivity index (χ3n) is 7.59. The van der Waals surface area contributed by atoms with Crippen LogP contribution in [0.5, 0.6) is 0 Å². The van der Waals surface area contributed by atoms with E-state index in [1.807, 2.05) is 6.08 Å². The normalized spacial score (nSPS) is 28.4. The third-order valence-corrected chi connectivity index (χ3v) is 7.59. The zero-order valence-electron chi connectivity index (χ0n) is 21.1. The lowest BCUT2D eigenvalue weighted by Gasteiger charge is -2.31. The molecule has 0 unspecified atom stereocenters. The second kappa shape index (κ2) is 12.5. The van der Waals surface area contributed by atoms with E-state index in [9.17, 15) is 10.2 Å². The van der Waals surface area contributed by atoms with E-state index < -0.39 is 0 Å². The minimum Gasteiger partial charge on any atom is -0.392 e. The molecule has 1 saturated carbocycles. The van der Waals surface area contributed by atoms with Gasteiger partial charge in [0.25, 0.3) is 0 Å². The summed E-state index contributed by atoms with van der Waals surface area (Å²) in [5.41, 5.74) is 1.77. The SMILES string of the molecule is CCCC[C@H](C)C[C@H](O)C=C[C@@H]1[C@H]2CC(CCNCCN(C)C(C)(C)C)=C[C@H]2C[C@H]1O. The second-order valence-corrected chi connectivity index (χ2v) is 11.3. The predicted molar refractivity (Wildman–Crippen MR) is 132 cm³/mol. The molecule has 0 saturated heterocycles. The molecule has 2 aliphatic carbocycles. The summed E-state index contributed by atoms with van der Waals surface area (Å²) in [7, 11) is 2.18. The zero-order chi connectivity index (χ0) is 23.0. The van der Waals surface area contributed by atoms with Crippen LogP contribution in [0.15, 0.2) is 23.8 Å². The fourth-order valence-corrected chi connectivity index (χ4v) is 5.16. The van der Waals surface area contributed by atoms with Gasteiger partial charge in [0, 0.05) is 24.5 Å². The summed E-state index contributed by atoms with van der Waals surface area (Å²) in [5, 5.41) is 24.6. The number of allylic oxidation sites excluding steroid dienone is 1. The molecule has 31 heavy (non-hydrogen) atoms. The highest BCUT2D eigenvalue weighted by atomic mass is 16.3. The lowest BCUT2D eigenvalue weighted by atomic mass is 9.88. The smallest absolute Gasteiger partial charge is 0.0723 e. The van der Waals surface area contributed by atoms with Crippen molar-refractivity contribution in [3.8, 4) is 0 Å². The monoisotopic (exact) mass is 434 g/mol. The van der Waals surface area contributed by atoms with Gasteiger partial charge in [-0.1, -0.05) is 56.9 Å². The maximum Gasteiger partial charge on any atom is 0.0723 e. The van der Waals surface area contributed by atoms with Gasteiger partial charge < -0.3 is 20.4 Å². The summed E-state index contributed by atoms with van der Waals surface area (Å²) >= 11 is 0. The summed E-state index contributed by atoms with van der Waals surface area (Å²) in [5.74, 6) is 1.76. The highest BCUT2D eigenvalue weighted by Gasteiger charge is 2.43. The topological polar surface area (TPSA) is 55.7 Å². The molecule has 0 aromatic heterocycles. The van der Waals surface area contributed by atoms with Gasteiger partial charge >= 0.3 is 0 Å². The van der Waals surface area contributed by atoms with Crippen LogP contribution < -0.4 is 5.32 Å². The van der Waals surface area contributed by atoms with Crippen LogP contribution >= 0.6 is 0 Å². The van der Waals surface area contributed by atoms with Gasteiger partial charge in [-0.25, -0.2) is 0 Å². The first kappa shape index (κ1) is 26.6. The Hall–Kier alpha value is -0.680. The van der Waals surface area contributed by atoms with Crippen LogP contribution in [0, 0.1) is 23.7 Å². The van der Waals surface area contributed by atoms with E-state index in [-0.39, 0.29) is 23.7 Å². The Morgan fingerprint density at radius 3 is 2.71 bits per heavy atom. The van der Waals surface area contributed by atoms with Crippen LogP contribution in [0.4, 0.5) is 0 Å². The van der Waals surface area contributed by atoms with Gasteiger partial charge in [0.1, 0.15) is 0 Å². The maximum atomic E-state index is 10.6. The first-order chi connectivity index (χ1) is 14.6. The third kappa shape index (κ3) is 8.64. The van der Waals surface area contributed by atoms with Gasteiger partial charge in [-0.15, -0.1) is 0 Å². The molecular weight excluding hydrogens is 384 g/mol. The van der Waals surface area contributed by atoms with E-state index in [0.29, 0.717) is 17.8 Å². The standard InChI is InChI=1S/C27H50N2O2/c1-7-8-9-20(2)16-23(30)10-11-24-25-18-21(17-22(25)19-26(24)31)12-13-28-14-15-29(6)27(3,4)5/h10-11,17,20,22-26,28,30-31H,7-9,12-16,18-19H2,1-6H3/t20-,22-,23+,24+,25-,26+/m0/s1. The molecule has 0 aromatic rings. The average Bonchev–Trinajstić information content (AvgIpc) is 3.19. The van der Waals surface area contributed by atoms with Crippen LogP contribution in [-0.4, -0.2) is 59.5 Å². The molecule has 0 bridgehead atoms. The van der Waals surface area contributed by atoms with Gasteiger partial charge in [0.2, 0.25) is 0 Å². The van der Waals surface area contributed by atoms with Crippen LogP contribution in [0.1, 0.15) is 79.6 Å². The zero-order valence-corrected chi connectivity index (χ0v) is 21.1. The number of rotatable bonds is 13. The number of unbranched alkanes of at least 4 members (excludes halogenated alkanes) is 1. The number of aliphatic hydroxyl groups is 2. The van der Waals surface area contributed by atoms with Crippen LogP contribution in [0.25, 0.3) is 0 Å². The number of likely N-dealkylation sites (N-methyl/N-ethyl adjacent to an activating group) is 1. The van der Waals surface area contributed by atoms with Crippen LogP contribution in [0.2, 0.25) is 0 Å². The van der Waals surface area contributed by atoms with Crippen molar-refractivity contribution in [1.82, 2.24) is 10.2 Å². The first-order valence-corrected chi connectivity index (χ1v) is 12.8. The molecule has 180 valence electrons. The van der Waals surface area contributed by atoms with Crippen LogP contribution in [-0.2, 0) is 0 Å². The highest BCUT2D eigenvalue weighted by Crippen LogP contribution is 2.47. The van der Waals surface area contributed by atoms with Crippen molar-refractivity contribution >= 4 is 0 Å². The molecule has 0 aromatic carbocycles. The molecule has 6 atom stereocenters. The Morgan fingerprint density at radius 2 is 2.03 bits per heavy atom. The van der Waals surface area contributed by atoms with E-state index in [2.05, 4.69) is 64.0 Å². The molecule has 3 N–H and O–H groups in total. The van der Waals surface area contributed by atoms with Crippen molar-refractivity contribution in [2.45, 2.75) is 97.3 Å². The lowest BCUT2D eigenvalue weighted by Crippen LogP contribution is -2.42. The number of nitrogens with zero attached hydrogens (tertiary/aromatic N) is 1. The molecule has 4 heteroatoms. The van der Waals surface area contributed by atoms with Crippen LogP contribution in [0.3, 0.4) is 0 Å². The Bertz CT molecular complexity index is 580. The molecule has 2 aliphatic rings. The average molecular weight is 435 g/mol. The Kier molecular flexibility index (Phi) is 10.7. The van der Waals surface area contributed by atoms with Gasteiger partial charge in [0.05, 0.1) is 12.2 Å². The molecule has 0 amide bonds. The van der Waals surface area contributed by atoms with E-state index >= 15 is 0 Å². The largest absolute Gasteiger partial charge is 0.392 e. The minimum atomic E-state index is -0.387. The van der Waals surface area contributed by atoms with Gasteiger partial charge in [-0.3, -0.25) is 0 Å². The summed E-state index contributed by atoms with van der Waals surface area (Å²) in [4.78, 5) is 2.39. The second-order valence-electron chi connectivity index (χ2n) is 11.3. The summed E-state index contributed by atoms with van der Waals surface area (Å²) in [6.45, 7) is 14.3. The fraction of sp³-hybridized carbons (Fsp3) is 0.852.